The van der Waals surface area contributed by atoms with Crippen LogP contribution in [0.5, 0.6) is 5.75 Å². The summed E-state index contributed by atoms with van der Waals surface area (Å²) in [5.41, 5.74) is 0.658. The Bertz CT molecular complexity index is 827. The summed E-state index contributed by atoms with van der Waals surface area (Å²) < 4.78 is 6.10. The number of rotatable bonds is 5. The standard InChI is InChI=1S/C17H19N3O4/c1-11(21)16(17(23)19(2)3)20-15(22)9-8-14(18-20)12-6-5-7-13(10-12)24-4/h5-10,16H,1-4H3/t16-/m1/s1. The van der Waals surface area contributed by atoms with E-state index in [1.54, 1.807) is 37.4 Å². The van der Waals surface area contributed by atoms with Gasteiger partial charge in [0.2, 0.25) is 0 Å². The maximum Gasteiger partial charge on any atom is 0.267 e. The van der Waals surface area contributed by atoms with E-state index in [0.29, 0.717) is 17.0 Å². The van der Waals surface area contributed by atoms with Crippen LogP contribution in [0.1, 0.15) is 13.0 Å². The van der Waals surface area contributed by atoms with Gasteiger partial charge in [-0.15, -0.1) is 0 Å². The number of likely N-dealkylation sites (N-methyl/N-ethyl adjacent to an activating group) is 1. The van der Waals surface area contributed by atoms with Gasteiger partial charge in [0.25, 0.3) is 11.5 Å². The van der Waals surface area contributed by atoms with Crippen LogP contribution >= 0.6 is 0 Å². The van der Waals surface area contributed by atoms with Gasteiger partial charge < -0.3 is 9.64 Å². The van der Waals surface area contributed by atoms with Crippen molar-refractivity contribution < 1.29 is 14.3 Å². The maximum absolute atomic E-state index is 12.3. The lowest BCUT2D eigenvalue weighted by Gasteiger charge is -2.19. The normalized spacial score (nSPS) is 11.7. The van der Waals surface area contributed by atoms with Crippen LogP contribution in [0.4, 0.5) is 0 Å². The Labute approximate surface area is 139 Å². The van der Waals surface area contributed by atoms with E-state index >= 15 is 0 Å². The van der Waals surface area contributed by atoms with E-state index in [2.05, 4.69) is 5.10 Å². The van der Waals surface area contributed by atoms with Gasteiger partial charge >= 0.3 is 0 Å². The molecule has 1 aromatic heterocycles. The summed E-state index contributed by atoms with van der Waals surface area (Å²) in [7, 11) is 4.60. The largest absolute Gasteiger partial charge is 0.497 e. The zero-order valence-corrected chi connectivity index (χ0v) is 14.0. The molecule has 0 saturated heterocycles. The fourth-order valence-corrected chi connectivity index (χ4v) is 2.24. The summed E-state index contributed by atoms with van der Waals surface area (Å²) in [6, 6.07) is 8.69. The molecule has 0 N–H and O–H groups in total. The van der Waals surface area contributed by atoms with E-state index in [9.17, 15) is 14.4 Å². The number of aromatic nitrogens is 2. The first-order valence-corrected chi connectivity index (χ1v) is 7.31. The van der Waals surface area contributed by atoms with Crippen molar-refractivity contribution >= 4 is 11.7 Å². The first kappa shape index (κ1) is 17.4. The molecular weight excluding hydrogens is 310 g/mol. The van der Waals surface area contributed by atoms with Gasteiger partial charge in [-0.05, 0) is 25.1 Å². The minimum Gasteiger partial charge on any atom is -0.497 e. The molecule has 0 aliphatic rings. The third kappa shape index (κ3) is 3.51. The zero-order chi connectivity index (χ0) is 17.9. The van der Waals surface area contributed by atoms with Crippen LogP contribution < -0.4 is 10.3 Å². The van der Waals surface area contributed by atoms with Gasteiger partial charge in [0.15, 0.2) is 11.8 Å². The summed E-state index contributed by atoms with van der Waals surface area (Å²) in [5.74, 6) is -0.314. The minimum atomic E-state index is -1.28. The van der Waals surface area contributed by atoms with Crippen LogP contribution in [0.25, 0.3) is 11.3 Å². The average Bonchev–Trinajstić information content (AvgIpc) is 2.56. The number of carbonyl (C=O) groups is 2. The SMILES string of the molecule is COc1cccc(-c2ccc(=O)n([C@H](C(C)=O)C(=O)N(C)C)n2)c1. The highest BCUT2D eigenvalue weighted by Crippen LogP contribution is 2.21. The highest BCUT2D eigenvalue weighted by molar-refractivity contribution is 6.02. The van der Waals surface area contributed by atoms with Crippen molar-refractivity contribution in [3.63, 3.8) is 0 Å². The molecule has 0 aliphatic heterocycles. The summed E-state index contributed by atoms with van der Waals surface area (Å²) in [5, 5.41) is 4.22. The molecule has 7 nitrogen and oxygen atoms in total. The molecule has 2 aromatic rings. The minimum absolute atomic E-state index is 0.453. The molecule has 0 unspecified atom stereocenters. The van der Waals surface area contributed by atoms with Crippen LogP contribution in [-0.2, 0) is 9.59 Å². The number of ketones is 1. The van der Waals surface area contributed by atoms with Gasteiger partial charge in [0, 0.05) is 25.7 Å². The highest BCUT2D eigenvalue weighted by atomic mass is 16.5. The van der Waals surface area contributed by atoms with Crippen LogP contribution in [-0.4, -0.2) is 47.6 Å². The van der Waals surface area contributed by atoms with Crippen molar-refractivity contribution in [2.75, 3.05) is 21.2 Å². The molecule has 0 bridgehead atoms. The molecule has 7 heteroatoms. The molecule has 1 aromatic carbocycles. The first-order valence-electron chi connectivity index (χ1n) is 7.31. The van der Waals surface area contributed by atoms with E-state index < -0.39 is 23.3 Å². The summed E-state index contributed by atoms with van der Waals surface area (Å²) in [6.07, 6.45) is 0. The number of amides is 1. The predicted molar refractivity (Wildman–Crippen MR) is 88.9 cm³/mol. The smallest absolute Gasteiger partial charge is 0.267 e. The monoisotopic (exact) mass is 329 g/mol. The van der Waals surface area contributed by atoms with Crippen LogP contribution in [0.15, 0.2) is 41.2 Å². The second-order valence-electron chi connectivity index (χ2n) is 5.48. The Morgan fingerprint density at radius 3 is 2.50 bits per heavy atom. The number of nitrogens with zero attached hydrogens (tertiary/aromatic N) is 3. The lowest BCUT2D eigenvalue weighted by Crippen LogP contribution is -2.41. The number of benzene rings is 1. The Morgan fingerprint density at radius 2 is 1.92 bits per heavy atom. The summed E-state index contributed by atoms with van der Waals surface area (Å²) >= 11 is 0. The van der Waals surface area contributed by atoms with Crippen molar-refractivity contribution in [1.29, 1.82) is 0 Å². The lowest BCUT2D eigenvalue weighted by atomic mass is 10.1. The van der Waals surface area contributed by atoms with Crippen LogP contribution in [0.3, 0.4) is 0 Å². The molecule has 0 spiro atoms. The number of methoxy groups -OCH3 is 1. The molecule has 0 saturated carbocycles. The molecule has 0 fully saturated rings. The third-order valence-corrected chi connectivity index (χ3v) is 3.49. The van der Waals surface area contributed by atoms with Crippen molar-refractivity contribution in [2.45, 2.75) is 13.0 Å². The topological polar surface area (TPSA) is 81.5 Å². The molecule has 2 rings (SSSR count). The Balaban J connectivity index is 2.57. The number of ether oxygens (including phenoxy) is 1. The number of carbonyl (C=O) groups excluding carboxylic acids is 2. The summed E-state index contributed by atoms with van der Waals surface area (Å²) in [6.45, 7) is 1.26. The van der Waals surface area contributed by atoms with E-state index in [1.807, 2.05) is 0 Å². The van der Waals surface area contributed by atoms with Gasteiger partial charge in [0.1, 0.15) is 5.75 Å². The number of hydrogen-bond acceptors (Lipinski definition) is 5. The first-order chi connectivity index (χ1) is 11.3. The highest BCUT2D eigenvalue weighted by Gasteiger charge is 2.29. The molecule has 24 heavy (non-hydrogen) atoms. The Kier molecular flexibility index (Phi) is 5.13. The summed E-state index contributed by atoms with van der Waals surface area (Å²) in [4.78, 5) is 37.6. The van der Waals surface area contributed by atoms with Crippen molar-refractivity contribution in [2.24, 2.45) is 0 Å². The Hall–Kier alpha value is -2.96. The second kappa shape index (κ2) is 7.08. The molecule has 126 valence electrons. The number of Topliss-reactive ketones (excluding diaryl/α,β-unsaturated/α-hetero) is 1. The third-order valence-electron chi connectivity index (χ3n) is 3.49. The van der Waals surface area contributed by atoms with E-state index in [4.69, 9.17) is 4.74 Å². The number of hydrogen-bond donors (Lipinski definition) is 0. The molecular formula is C17H19N3O4. The molecule has 0 aliphatic carbocycles. The average molecular weight is 329 g/mol. The predicted octanol–water partition coefficient (Wildman–Crippen LogP) is 1.14. The molecule has 1 atom stereocenters. The molecule has 0 radical (unpaired) electrons. The van der Waals surface area contributed by atoms with Gasteiger partial charge in [-0.2, -0.15) is 5.10 Å². The molecule has 1 heterocycles. The Morgan fingerprint density at radius 1 is 1.21 bits per heavy atom. The van der Waals surface area contributed by atoms with E-state index in [1.165, 1.54) is 32.0 Å². The van der Waals surface area contributed by atoms with Crippen molar-refractivity contribution in [3.05, 3.63) is 46.8 Å². The van der Waals surface area contributed by atoms with Crippen LogP contribution in [0, 0.1) is 0 Å². The fraction of sp³-hybridized carbons (Fsp3) is 0.294. The van der Waals surface area contributed by atoms with Gasteiger partial charge in [-0.1, -0.05) is 12.1 Å². The quantitative estimate of drug-likeness (QED) is 0.768. The van der Waals surface area contributed by atoms with Crippen molar-refractivity contribution in [1.82, 2.24) is 14.7 Å². The fourth-order valence-electron chi connectivity index (χ4n) is 2.24. The van der Waals surface area contributed by atoms with Gasteiger partial charge in [-0.3, -0.25) is 14.4 Å². The van der Waals surface area contributed by atoms with Crippen LogP contribution in [0.2, 0.25) is 0 Å². The van der Waals surface area contributed by atoms with Gasteiger partial charge in [-0.25, -0.2) is 4.68 Å². The lowest BCUT2D eigenvalue weighted by molar-refractivity contribution is -0.138. The van der Waals surface area contributed by atoms with E-state index in [0.717, 1.165) is 4.68 Å². The maximum atomic E-state index is 12.3. The van der Waals surface area contributed by atoms with Gasteiger partial charge in [0.05, 0.1) is 12.8 Å². The zero-order valence-electron chi connectivity index (χ0n) is 14.0. The molecule has 1 amide bonds. The second-order valence-corrected chi connectivity index (χ2v) is 5.48. The van der Waals surface area contributed by atoms with E-state index in [-0.39, 0.29) is 0 Å². The van der Waals surface area contributed by atoms with Crippen molar-refractivity contribution in [3.8, 4) is 17.0 Å².